The van der Waals surface area contributed by atoms with Crippen LogP contribution in [0.5, 0.6) is 0 Å². The second-order valence-electron chi connectivity index (χ2n) is 8.07. The molecule has 2 atom stereocenters. The minimum absolute atomic E-state index is 0.167. The third-order valence-electron chi connectivity index (χ3n) is 5.96. The van der Waals surface area contributed by atoms with Crippen molar-refractivity contribution in [3.63, 3.8) is 0 Å². The minimum Gasteiger partial charge on any atom is -0.380 e. The molecular weight excluding hydrogens is 480 g/mol. The van der Waals surface area contributed by atoms with E-state index in [1.807, 2.05) is 18.2 Å². The highest BCUT2D eigenvalue weighted by Gasteiger charge is 2.40. The molecule has 31 heavy (non-hydrogen) atoms. The average molecular weight is 507 g/mol. The van der Waals surface area contributed by atoms with E-state index in [1.165, 1.54) is 22.5 Å². The Balaban J connectivity index is 1.46. The Bertz CT molecular complexity index is 966. The Kier molecular flexibility index (Phi) is 6.95. The van der Waals surface area contributed by atoms with Gasteiger partial charge in [-0.25, -0.2) is 4.79 Å². The van der Waals surface area contributed by atoms with Gasteiger partial charge in [0.25, 0.3) is 0 Å². The average Bonchev–Trinajstić information content (AvgIpc) is 3.32. The van der Waals surface area contributed by atoms with Crippen molar-refractivity contribution < 1.29 is 14.3 Å². The van der Waals surface area contributed by atoms with Crippen molar-refractivity contribution in [2.75, 3.05) is 44.4 Å². The van der Waals surface area contributed by atoms with Crippen molar-refractivity contribution >= 4 is 49.9 Å². The van der Waals surface area contributed by atoms with Crippen molar-refractivity contribution in [2.24, 2.45) is 0 Å². The van der Waals surface area contributed by atoms with Crippen LogP contribution >= 0.6 is 27.3 Å². The summed E-state index contributed by atoms with van der Waals surface area (Å²) < 4.78 is 6.40. The maximum atomic E-state index is 13.1. The summed E-state index contributed by atoms with van der Waals surface area (Å²) in [6.07, 6.45) is 2.29. The normalized spacial score (nSPS) is 21.5. The van der Waals surface area contributed by atoms with Crippen LogP contribution < -0.4 is 10.6 Å². The number of halogens is 1. The predicted molar refractivity (Wildman–Crippen MR) is 127 cm³/mol. The quantitative estimate of drug-likeness (QED) is 0.661. The van der Waals surface area contributed by atoms with E-state index in [0.717, 1.165) is 40.4 Å². The van der Waals surface area contributed by atoms with Gasteiger partial charge in [-0.1, -0.05) is 6.07 Å². The number of benzene rings is 1. The fourth-order valence-electron chi connectivity index (χ4n) is 4.14. The van der Waals surface area contributed by atoms with Gasteiger partial charge < -0.3 is 19.9 Å². The van der Waals surface area contributed by atoms with E-state index in [0.29, 0.717) is 13.0 Å². The van der Waals surface area contributed by atoms with E-state index in [2.05, 4.69) is 50.6 Å². The fourth-order valence-corrected chi connectivity index (χ4v) is 5.42. The van der Waals surface area contributed by atoms with Crippen molar-refractivity contribution in [1.29, 1.82) is 0 Å². The second-order valence-corrected chi connectivity index (χ2v) is 10.5. The molecule has 9 heteroatoms. The second kappa shape index (κ2) is 9.68. The summed E-state index contributed by atoms with van der Waals surface area (Å²) in [5.41, 5.74) is 3.39. The maximum absolute atomic E-state index is 13.1. The summed E-state index contributed by atoms with van der Waals surface area (Å²) in [4.78, 5) is 29.9. The first-order chi connectivity index (χ1) is 14.9. The van der Waals surface area contributed by atoms with Crippen molar-refractivity contribution in [2.45, 2.75) is 31.4 Å². The molecule has 3 amide bonds. The number of likely N-dealkylation sites (tertiary alicyclic amines) is 1. The van der Waals surface area contributed by atoms with Gasteiger partial charge >= 0.3 is 6.03 Å². The number of hydrogen-bond acceptors (Lipinski definition) is 5. The number of amides is 3. The highest BCUT2D eigenvalue weighted by atomic mass is 79.9. The van der Waals surface area contributed by atoms with Crippen LogP contribution in [0.25, 0.3) is 0 Å². The Morgan fingerprint density at radius 1 is 1.13 bits per heavy atom. The zero-order valence-corrected chi connectivity index (χ0v) is 20.1. The maximum Gasteiger partial charge on any atom is 0.323 e. The fraction of sp³-hybridized carbons (Fsp3) is 0.455. The molecule has 1 aromatic carbocycles. The standard InChI is InChI=1S/C22H27BrN4O3S/c1-26-9-7-14-3-4-16(11-15(14)8-10-26)24-21(28)18-12-17(30-2)13-27(18)22(29)25-20-6-5-19(23)31-20/h3-6,11,17-18H,7-10,12-13H2,1-2H3,(H,24,28)(H,25,29)/t17-,18-/m1/s1. The molecule has 1 saturated heterocycles. The number of carbonyl (C=O) groups is 2. The molecule has 2 aliphatic rings. The van der Waals surface area contributed by atoms with Gasteiger partial charge in [0.2, 0.25) is 5.91 Å². The predicted octanol–water partition coefficient (Wildman–Crippen LogP) is 3.80. The molecule has 2 N–H and O–H groups in total. The Hall–Kier alpha value is -1.94. The van der Waals surface area contributed by atoms with Crippen LogP contribution in [0.3, 0.4) is 0 Å². The zero-order valence-electron chi connectivity index (χ0n) is 17.7. The lowest BCUT2D eigenvalue weighted by molar-refractivity contribution is -0.119. The van der Waals surface area contributed by atoms with E-state index in [1.54, 1.807) is 12.0 Å². The molecular formula is C22H27BrN4O3S. The van der Waals surface area contributed by atoms with E-state index < -0.39 is 6.04 Å². The third-order valence-corrected chi connectivity index (χ3v) is 7.50. The number of methoxy groups -OCH3 is 1. The van der Waals surface area contributed by atoms with Crippen LogP contribution in [0.1, 0.15) is 17.5 Å². The Morgan fingerprint density at radius 2 is 1.90 bits per heavy atom. The SMILES string of the molecule is CO[C@@H]1C[C@H](C(=O)Nc2ccc3c(c2)CCN(C)CC3)N(C(=O)Nc2ccc(Br)s2)C1. The van der Waals surface area contributed by atoms with Crippen LogP contribution in [-0.4, -0.2) is 67.7 Å². The molecule has 1 fully saturated rings. The molecule has 0 unspecified atom stereocenters. The van der Waals surface area contributed by atoms with Crippen LogP contribution in [0.2, 0.25) is 0 Å². The number of fused-ring (bicyclic) bond motifs is 1. The molecule has 4 rings (SSSR count). The molecule has 1 aromatic heterocycles. The van der Waals surface area contributed by atoms with Gasteiger partial charge in [-0.3, -0.25) is 10.1 Å². The number of hydrogen-bond donors (Lipinski definition) is 2. The molecule has 3 heterocycles. The van der Waals surface area contributed by atoms with Crippen molar-refractivity contribution in [1.82, 2.24) is 9.80 Å². The highest BCUT2D eigenvalue weighted by Crippen LogP contribution is 2.29. The molecule has 0 spiro atoms. The van der Waals surface area contributed by atoms with Crippen LogP contribution in [0.15, 0.2) is 34.1 Å². The monoisotopic (exact) mass is 506 g/mol. The lowest BCUT2D eigenvalue weighted by Crippen LogP contribution is -2.45. The Labute approximate surface area is 194 Å². The number of nitrogens with zero attached hydrogens (tertiary/aromatic N) is 2. The van der Waals surface area contributed by atoms with Gasteiger partial charge in [0, 0.05) is 38.9 Å². The number of rotatable bonds is 4. The summed E-state index contributed by atoms with van der Waals surface area (Å²) in [6.45, 7) is 2.43. The van der Waals surface area contributed by atoms with Gasteiger partial charge in [-0.05, 0) is 71.2 Å². The van der Waals surface area contributed by atoms with Gasteiger partial charge in [0.05, 0.1) is 14.9 Å². The largest absolute Gasteiger partial charge is 0.380 e. The zero-order chi connectivity index (χ0) is 22.0. The first kappa shape index (κ1) is 22.3. The molecule has 0 radical (unpaired) electrons. The summed E-state index contributed by atoms with van der Waals surface area (Å²) >= 11 is 4.83. The van der Waals surface area contributed by atoms with Gasteiger partial charge in [0.15, 0.2) is 0 Å². The summed E-state index contributed by atoms with van der Waals surface area (Å²) in [5, 5.41) is 6.64. The number of likely N-dealkylation sites (N-methyl/N-ethyl adjacent to an activating group) is 1. The number of urea groups is 1. The molecule has 166 valence electrons. The van der Waals surface area contributed by atoms with Crippen LogP contribution in [-0.2, 0) is 22.4 Å². The number of nitrogens with one attached hydrogen (secondary N) is 2. The highest BCUT2D eigenvalue weighted by molar-refractivity contribution is 9.11. The Morgan fingerprint density at radius 3 is 2.61 bits per heavy atom. The van der Waals surface area contributed by atoms with E-state index in [9.17, 15) is 9.59 Å². The molecule has 0 saturated carbocycles. The van der Waals surface area contributed by atoms with E-state index >= 15 is 0 Å². The van der Waals surface area contributed by atoms with Crippen molar-refractivity contribution in [3.05, 3.63) is 45.2 Å². The van der Waals surface area contributed by atoms with Crippen LogP contribution in [0, 0.1) is 0 Å². The van der Waals surface area contributed by atoms with Crippen LogP contribution in [0.4, 0.5) is 15.5 Å². The number of carbonyl (C=O) groups excluding carboxylic acids is 2. The first-order valence-electron chi connectivity index (χ1n) is 10.4. The summed E-state index contributed by atoms with van der Waals surface area (Å²) in [6, 6.07) is 8.97. The third kappa shape index (κ3) is 5.28. The van der Waals surface area contributed by atoms with Gasteiger partial charge in [0.1, 0.15) is 6.04 Å². The first-order valence-corrected chi connectivity index (χ1v) is 12.0. The van der Waals surface area contributed by atoms with E-state index in [-0.39, 0.29) is 18.0 Å². The molecule has 0 bridgehead atoms. The summed E-state index contributed by atoms with van der Waals surface area (Å²) in [5.74, 6) is -0.187. The molecule has 0 aliphatic carbocycles. The smallest absolute Gasteiger partial charge is 0.323 e. The number of anilines is 2. The molecule has 2 aromatic rings. The molecule has 7 nitrogen and oxygen atoms in total. The van der Waals surface area contributed by atoms with Gasteiger partial charge in [-0.15, -0.1) is 11.3 Å². The lowest BCUT2D eigenvalue weighted by Gasteiger charge is -2.24. The van der Waals surface area contributed by atoms with E-state index in [4.69, 9.17) is 4.74 Å². The topological polar surface area (TPSA) is 73.9 Å². The van der Waals surface area contributed by atoms with Gasteiger partial charge in [-0.2, -0.15) is 0 Å². The number of thiophene rings is 1. The van der Waals surface area contributed by atoms with Crippen molar-refractivity contribution in [3.8, 4) is 0 Å². The summed E-state index contributed by atoms with van der Waals surface area (Å²) in [7, 11) is 3.75. The minimum atomic E-state index is -0.585. The lowest BCUT2D eigenvalue weighted by atomic mass is 10.0. The number of ether oxygens (including phenoxy) is 1. The molecule has 2 aliphatic heterocycles.